The normalized spacial score (nSPS) is 14.5. The van der Waals surface area contributed by atoms with E-state index in [0.717, 1.165) is 47.5 Å². The van der Waals surface area contributed by atoms with Crippen LogP contribution in [0, 0.1) is 0 Å². The molecule has 1 aliphatic heterocycles. The van der Waals surface area contributed by atoms with Crippen LogP contribution in [0.25, 0.3) is 0 Å². The van der Waals surface area contributed by atoms with E-state index in [2.05, 4.69) is 28.5 Å². The summed E-state index contributed by atoms with van der Waals surface area (Å²) in [5, 5.41) is 12.3. The van der Waals surface area contributed by atoms with Crippen molar-refractivity contribution in [3.8, 4) is 0 Å². The fourth-order valence-corrected chi connectivity index (χ4v) is 4.67. The van der Waals surface area contributed by atoms with Crippen molar-refractivity contribution < 1.29 is 4.79 Å². The number of rotatable bonds is 7. The summed E-state index contributed by atoms with van der Waals surface area (Å²) < 4.78 is 0.835. The quantitative estimate of drug-likeness (QED) is 0.599. The number of aromatic nitrogens is 2. The van der Waals surface area contributed by atoms with Crippen LogP contribution in [0.15, 0.2) is 28.6 Å². The third kappa shape index (κ3) is 3.89. The average molecular weight is 363 g/mol. The summed E-state index contributed by atoms with van der Waals surface area (Å²) >= 11 is 3.00. The fourth-order valence-electron chi connectivity index (χ4n) is 2.69. The van der Waals surface area contributed by atoms with E-state index in [4.69, 9.17) is 0 Å². The van der Waals surface area contributed by atoms with E-state index >= 15 is 0 Å². The zero-order valence-electron chi connectivity index (χ0n) is 14.0. The van der Waals surface area contributed by atoms with Crippen LogP contribution in [0.3, 0.4) is 0 Å². The number of thioether (sulfide) groups is 1. The molecule has 1 atom stereocenters. The Morgan fingerprint density at radius 2 is 2.25 bits per heavy atom. The monoisotopic (exact) mass is 362 g/mol. The molecule has 1 amide bonds. The van der Waals surface area contributed by atoms with Crippen molar-refractivity contribution >= 4 is 39.8 Å². The number of amides is 1. The summed E-state index contributed by atoms with van der Waals surface area (Å²) in [6, 6.07) is 8.14. The zero-order chi connectivity index (χ0) is 16.9. The van der Waals surface area contributed by atoms with E-state index in [1.807, 2.05) is 30.0 Å². The van der Waals surface area contributed by atoms with Gasteiger partial charge < -0.3 is 10.2 Å². The highest BCUT2D eigenvalue weighted by molar-refractivity contribution is 8.02. The maximum atomic E-state index is 12.8. The van der Waals surface area contributed by atoms with Gasteiger partial charge in [-0.2, -0.15) is 0 Å². The molecule has 1 aromatic carbocycles. The van der Waals surface area contributed by atoms with Crippen molar-refractivity contribution in [1.29, 1.82) is 0 Å². The van der Waals surface area contributed by atoms with Gasteiger partial charge in [-0.05, 0) is 31.4 Å². The number of carbonyl (C=O) groups excluding carboxylic acids is 1. The summed E-state index contributed by atoms with van der Waals surface area (Å²) in [4.78, 5) is 14.7. The Hall–Kier alpha value is -1.60. The minimum atomic E-state index is -0.174. The van der Waals surface area contributed by atoms with Gasteiger partial charge in [-0.15, -0.1) is 10.2 Å². The molecule has 1 unspecified atom stereocenters. The Balaban J connectivity index is 1.59. The SMILES string of the molecule is CCCCNc1nnc(SC(C)C(=O)N2CCc3ccccc32)s1. The predicted molar refractivity (Wildman–Crippen MR) is 101 cm³/mol. The van der Waals surface area contributed by atoms with E-state index in [1.54, 1.807) is 0 Å². The topological polar surface area (TPSA) is 58.1 Å². The third-order valence-electron chi connectivity index (χ3n) is 3.99. The number of benzene rings is 1. The highest BCUT2D eigenvalue weighted by Gasteiger charge is 2.28. The number of nitrogens with zero attached hydrogens (tertiary/aromatic N) is 3. The van der Waals surface area contributed by atoms with Gasteiger partial charge in [0.15, 0.2) is 4.34 Å². The van der Waals surface area contributed by atoms with Crippen molar-refractivity contribution in [2.24, 2.45) is 0 Å². The maximum absolute atomic E-state index is 12.8. The van der Waals surface area contributed by atoms with E-state index in [0.29, 0.717) is 0 Å². The smallest absolute Gasteiger partial charge is 0.240 e. The molecule has 0 bridgehead atoms. The van der Waals surface area contributed by atoms with E-state index < -0.39 is 0 Å². The molecule has 7 heteroatoms. The van der Waals surface area contributed by atoms with Gasteiger partial charge in [0.1, 0.15) is 0 Å². The Bertz CT molecular complexity index is 703. The van der Waals surface area contributed by atoms with Crippen LogP contribution in [-0.2, 0) is 11.2 Å². The number of unbranched alkanes of at least 4 members (excludes halogenated alkanes) is 1. The molecule has 0 fully saturated rings. The molecule has 2 heterocycles. The molecule has 1 aliphatic rings. The molecular weight excluding hydrogens is 340 g/mol. The van der Waals surface area contributed by atoms with Crippen LogP contribution in [0.1, 0.15) is 32.3 Å². The van der Waals surface area contributed by atoms with Crippen LogP contribution in [0.2, 0.25) is 0 Å². The lowest BCUT2D eigenvalue weighted by molar-refractivity contribution is -0.117. The van der Waals surface area contributed by atoms with Crippen LogP contribution in [-0.4, -0.2) is 34.4 Å². The molecule has 0 spiro atoms. The second kappa shape index (κ2) is 7.98. The summed E-state index contributed by atoms with van der Waals surface area (Å²) in [6.45, 7) is 5.78. The lowest BCUT2D eigenvalue weighted by atomic mass is 10.2. The Labute approximate surface area is 150 Å². The first-order valence-corrected chi connectivity index (χ1v) is 10.0. The van der Waals surface area contributed by atoms with Gasteiger partial charge in [0.2, 0.25) is 11.0 Å². The van der Waals surface area contributed by atoms with Crippen molar-refractivity contribution in [2.45, 2.75) is 42.7 Å². The molecule has 1 N–H and O–H groups in total. The number of nitrogens with one attached hydrogen (secondary N) is 1. The molecule has 1 aromatic heterocycles. The summed E-state index contributed by atoms with van der Waals surface area (Å²) in [5.41, 5.74) is 2.30. The molecule has 0 saturated carbocycles. The first kappa shape index (κ1) is 17.2. The molecule has 3 rings (SSSR count). The number of carbonyl (C=O) groups is 1. The number of anilines is 2. The highest BCUT2D eigenvalue weighted by atomic mass is 32.2. The minimum absolute atomic E-state index is 0.139. The molecule has 0 saturated heterocycles. The summed E-state index contributed by atoms with van der Waals surface area (Å²) in [6.07, 6.45) is 3.20. The van der Waals surface area contributed by atoms with Gasteiger partial charge in [0.25, 0.3) is 0 Å². The van der Waals surface area contributed by atoms with Gasteiger partial charge in [-0.1, -0.05) is 54.6 Å². The molecule has 5 nitrogen and oxygen atoms in total. The first-order valence-electron chi connectivity index (χ1n) is 8.32. The lowest BCUT2D eigenvalue weighted by Gasteiger charge is -2.20. The molecule has 0 radical (unpaired) electrons. The van der Waals surface area contributed by atoms with Crippen LogP contribution in [0.5, 0.6) is 0 Å². The second-order valence-corrected chi connectivity index (χ2v) is 8.35. The zero-order valence-corrected chi connectivity index (χ0v) is 15.6. The standard InChI is InChI=1S/C17H22N4OS2/c1-3-4-10-18-16-19-20-17(24-16)23-12(2)15(22)21-11-9-13-7-5-6-8-14(13)21/h5-8,12H,3-4,9-11H2,1-2H3,(H,18,19). The Morgan fingerprint density at radius 1 is 1.42 bits per heavy atom. The van der Waals surface area contributed by atoms with E-state index in [-0.39, 0.29) is 11.2 Å². The van der Waals surface area contributed by atoms with E-state index in [9.17, 15) is 4.79 Å². The van der Waals surface area contributed by atoms with Crippen molar-refractivity contribution in [3.63, 3.8) is 0 Å². The van der Waals surface area contributed by atoms with Gasteiger partial charge in [-0.25, -0.2) is 0 Å². The number of hydrogen-bond donors (Lipinski definition) is 1. The second-order valence-electron chi connectivity index (χ2n) is 5.78. The largest absolute Gasteiger partial charge is 0.360 e. The number of para-hydroxylation sites is 1. The Kier molecular flexibility index (Phi) is 5.73. The predicted octanol–water partition coefficient (Wildman–Crippen LogP) is 3.82. The summed E-state index contributed by atoms with van der Waals surface area (Å²) in [5.74, 6) is 0.139. The lowest BCUT2D eigenvalue weighted by Crippen LogP contribution is -2.35. The maximum Gasteiger partial charge on any atom is 0.240 e. The van der Waals surface area contributed by atoms with Crippen molar-refractivity contribution in [2.75, 3.05) is 23.3 Å². The number of hydrogen-bond acceptors (Lipinski definition) is 6. The van der Waals surface area contributed by atoms with Gasteiger partial charge >= 0.3 is 0 Å². The van der Waals surface area contributed by atoms with Crippen molar-refractivity contribution in [1.82, 2.24) is 10.2 Å². The number of fused-ring (bicyclic) bond motifs is 1. The fraction of sp³-hybridized carbons (Fsp3) is 0.471. The molecular formula is C17H22N4OS2. The van der Waals surface area contributed by atoms with Crippen LogP contribution < -0.4 is 10.2 Å². The average Bonchev–Trinajstić information content (AvgIpc) is 3.21. The van der Waals surface area contributed by atoms with Crippen molar-refractivity contribution in [3.05, 3.63) is 29.8 Å². The minimum Gasteiger partial charge on any atom is -0.360 e. The third-order valence-corrected chi connectivity index (χ3v) is 6.04. The molecule has 24 heavy (non-hydrogen) atoms. The Morgan fingerprint density at radius 3 is 3.08 bits per heavy atom. The van der Waals surface area contributed by atoms with Gasteiger partial charge in [0, 0.05) is 18.8 Å². The van der Waals surface area contributed by atoms with Crippen LogP contribution >= 0.6 is 23.1 Å². The van der Waals surface area contributed by atoms with Crippen LogP contribution in [0.4, 0.5) is 10.8 Å². The first-order chi connectivity index (χ1) is 11.7. The molecule has 128 valence electrons. The van der Waals surface area contributed by atoms with Gasteiger partial charge in [-0.3, -0.25) is 4.79 Å². The molecule has 2 aromatic rings. The van der Waals surface area contributed by atoms with Gasteiger partial charge in [0.05, 0.1) is 5.25 Å². The molecule has 0 aliphatic carbocycles. The van der Waals surface area contributed by atoms with E-state index in [1.165, 1.54) is 28.7 Å². The summed E-state index contributed by atoms with van der Waals surface area (Å²) in [7, 11) is 0. The highest BCUT2D eigenvalue weighted by Crippen LogP contribution is 2.33.